The van der Waals surface area contributed by atoms with Crippen LogP contribution in [0.1, 0.15) is 44.0 Å². The molecule has 18 heteroatoms. The predicted molar refractivity (Wildman–Crippen MR) is 279 cm³/mol. The summed E-state index contributed by atoms with van der Waals surface area (Å²) in [7, 11) is 0. The number of ether oxygens (including phenoxy) is 4. The van der Waals surface area contributed by atoms with E-state index < -0.39 is 35.4 Å². The van der Waals surface area contributed by atoms with E-state index in [-0.39, 0.29) is 70.9 Å². The van der Waals surface area contributed by atoms with Crippen molar-refractivity contribution in [2.24, 2.45) is 5.41 Å². The largest absolute Gasteiger partial charge is 0.491 e. The lowest BCUT2D eigenvalue weighted by molar-refractivity contribution is -0.144. The molecule has 1 saturated heterocycles. The smallest absolute Gasteiger partial charge is 0.246 e. The number of thiazole rings is 1. The van der Waals surface area contributed by atoms with Crippen LogP contribution in [-0.2, 0) is 37.0 Å². The van der Waals surface area contributed by atoms with Gasteiger partial charge in [-0.25, -0.2) is 19.3 Å². The van der Waals surface area contributed by atoms with Gasteiger partial charge >= 0.3 is 0 Å². The number of rotatable bonds is 21. The van der Waals surface area contributed by atoms with Crippen LogP contribution in [0.4, 0.5) is 15.9 Å². The average Bonchev–Trinajstić information content (AvgIpc) is 4.00. The first-order valence-electron chi connectivity index (χ1n) is 23.8. The highest BCUT2D eigenvalue weighted by molar-refractivity contribution is 7.13. The zero-order valence-electron chi connectivity index (χ0n) is 40.9. The van der Waals surface area contributed by atoms with Crippen molar-refractivity contribution in [3.05, 3.63) is 149 Å². The van der Waals surface area contributed by atoms with Gasteiger partial charge in [-0.2, -0.15) is 0 Å². The summed E-state index contributed by atoms with van der Waals surface area (Å²) in [5.74, 6) is 0.0713. The highest BCUT2D eigenvalue weighted by Gasteiger charge is 2.44. The van der Waals surface area contributed by atoms with Crippen LogP contribution in [0.15, 0.2) is 121 Å². The number of fused-ring (bicyclic) bond motifs is 1. The average molecular weight is 1030 g/mol. The molecule has 1 fully saturated rings. The van der Waals surface area contributed by atoms with Crippen LogP contribution < -0.4 is 25.4 Å². The normalized spacial score (nSPS) is 15.0. The fourth-order valence-electron chi connectivity index (χ4n) is 8.29. The minimum Gasteiger partial charge on any atom is -0.491 e. The molecular formula is C55H57ClFN7O8S. The molecule has 3 unspecified atom stereocenters. The summed E-state index contributed by atoms with van der Waals surface area (Å²) in [4.78, 5) is 56.2. The number of likely N-dealkylation sites (tertiary alicyclic amines) is 1. The number of carbonyl (C=O) groups excluding carboxylic acids is 3. The Morgan fingerprint density at radius 2 is 1.60 bits per heavy atom. The van der Waals surface area contributed by atoms with E-state index in [1.54, 1.807) is 35.6 Å². The number of nitrogens with one attached hydrogen (secondary N) is 3. The first-order chi connectivity index (χ1) is 35.2. The first-order valence-corrected chi connectivity index (χ1v) is 25.1. The van der Waals surface area contributed by atoms with Crippen molar-refractivity contribution < 1.29 is 42.8 Å². The molecule has 3 atom stereocenters. The Bertz CT molecular complexity index is 3030. The lowest BCUT2D eigenvalue weighted by atomic mass is 9.85. The maximum Gasteiger partial charge on any atom is 0.246 e. The fraction of sp³-hybridized carbons (Fsp3) is 0.309. The number of benzene rings is 5. The number of aryl methyl sites for hydroxylation is 1. The maximum absolute atomic E-state index is 14.0. The predicted octanol–water partition coefficient (Wildman–Crippen LogP) is 9.06. The third-order valence-electron chi connectivity index (χ3n) is 12.1. The monoisotopic (exact) mass is 1030 g/mol. The van der Waals surface area contributed by atoms with Gasteiger partial charge in [-0.05, 0) is 94.8 Å². The highest BCUT2D eigenvalue weighted by Crippen LogP contribution is 2.34. The number of aromatic nitrogens is 3. The molecule has 0 bridgehead atoms. The van der Waals surface area contributed by atoms with Gasteiger partial charge in [-0.3, -0.25) is 14.4 Å². The molecule has 1 aliphatic rings. The van der Waals surface area contributed by atoms with Gasteiger partial charge in [0.2, 0.25) is 17.7 Å². The molecule has 3 amide bonds. The first kappa shape index (κ1) is 52.3. The Hall–Kier alpha value is -7.02. The van der Waals surface area contributed by atoms with E-state index in [9.17, 15) is 23.9 Å². The van der Waals surface area contributed by atoms with Crippen LogP contribution >= 0.6 is 22.9 Å². The van der Waals surface area contributed by atoms with Gasteiger partial charge in [0.1, 0.15) is 61.4 Å². The van der Waals surface area contributed by atoms with E-state index in [0.29, 0.717) is 33.6 Å². The Morgan fingerprint density at radius 1 is 0.849 bits per heavy atom. The van der Waals surface area contributed by atoms with Gasteiger partial charge in [0.15, 0.2) is 0 Å². The van der Waals surface area contributed by atoms with Gasteiger partial charge in [-0.15, -0.1) is 11.3 Å². The molecule has 5 aromatic carbocycles. The van der Waals surface area contributed by atoms with Crippen molar-refractivity contribution >= 4 is 63.1 Å². The number of aliphatic hydroxyl groups is 1. The number of carbonyl (C=O) groups is 3. The van der Waals surface area contributed by atoms with Crippen molar-refractivity contribution in [3.8, 4) is 33.1 Å². The number of halogens is 2. The standard InChI is InChI=1S/C55H57ClFN7O8S/c1-34-50(73-33-61-34)38-10-8-35(9-11-38)28-58-53(67)47-27-42(65)29-64(47)54(68)51(55(2,3)4)63-49(66)31-70-21-20-69-22-23-71-43-16-12-37(13-17-43)39-14-18-46-44(25-39)52(60-32-59-46)62-41-15-19-48(45(56)26-41)72-30-36-6-5-7-40(57)24-36/h5-19,24-26,32-33,42,47,51,65H,20-23,27-31H2,1-4H3,(H,58,67)(H,63,66)(H,59,60,62). The van der Waals surface area contributed by atoms with Crippen LogP contribution in [0.5, 0.6) is 11.5 Å². The molecule has 4 N–H and O–H groups in total. The fourth-order valence-corrected chi connectivity index (χ4v) is 9.33. The topological polar surface area (TPSA) is 186 Å². The van der Waals surface area contributed by atoms with Crippen molar-refractivity contribution in [1.29, 1.82) is 0 Å². The number of hydrogen-bond acceptors (Lipinski definition) is 13. The van der Waals surface area contributed by atoms with Crippen molar-refractivity contribution in [3.63, 3.8) is 0 Å². The van der Waals surface area contributed by atoms with Crippen LogP contribution in [-0.4, -0.2) is 100 Å². The zero-order chi connectivity index (χ0) is 51.5. The highest BCUT2D eigenvalue weighted by atomic mass is 35.5. The van der Waals surface area contributed by atoms with Crippen LogP contribution in [0.3, 0.4) is 0 Å². The lowest BCUT2D eigenvalue weighted by Crippen LogP contribution is -2.58. The second-order valence-electron chi connectivity index (χ2n) is 18.6. The lowest BCUT2D eigenvalue weighted by Gasteiger charge is -2.35. The minimum absolute atomic E-state index is 0.0260. The molecule has 380 valence electrons. The Labute approximate surface area is 432 Å². The van der Waals surface area contributed by atoms with Crippen LogP contribution in [0.2, 0.25) is 5.02 Å². The number of aliphatic hydroxyl groups excluding tert-OH is 1. The molecule has 0 aliphatic carbocycles. The molecule has 0 radical (unpaired) electrons. The summed E-state index contributed by atoms with van der Waals surface area (Å²) in [6, 6.07) is 31.1. The number of amides is 3. The van der Waals surface area contributed by atoms with Gasteiger partial charge in [0.25, 0.3) is 0 Å². The summed E-state index contributed by atoms with van der Waals surface area (Å²) < 4.78 is 36.6. The third kappa shape index (κ3) is 13.9. The number of β-amino-alcohol motifs (C(OH)–C–C–N with tert-alkyl or cyclic N) is 1. The molecule has 15 nitrogen and oxygen atoms in total. The van der Waals surface area contributed by atoms with E-state index in [1.807, 2.05) is 106 Å². The quantitative estimate of drug-likeness (QED) is 0.0502. The van der Waals surface area contributed by atoms with Crippen molar-refractivity contribution in [2.45, 2.75) is 65.5 Å². The second kappa shape index (κ2) is 24.1. The van der Waals surface area contributed by atoms with Crippen LogP contribution in [0, 0.1) is 18.2 Å². The van der Waals surface area contributed by atoms with Gasteiger partial charge in [-0.1, -0.05) is 87.0 Å². The Balaban J connectivity index is 0.747. The summed E-state index contributed by atoms with van der Waals surface area (Å²) in [5.41, 5.74) is 8.04. The second-order valence-corrected chi connectivity index (χ2v) is 19.9. The number of anilines is 2. The van der Waals surface area contributed by atoms with Crippen molar-refractivity contribution in [1.82, 2.24) is 30.5 Å². The molecule has 0 spiro atoms. The Kier molecular flexibility index (Phi) is 17.3. The van der Waals surface area contributed by atoms with E-state index in [4.69, 9.17) is 30.5 Å². The minimum atomic E-state index is -0.980. The van der Waals surface area contributed by atoms with Gasteiger partial charge < -0.3 is 44.9 Å². The van der Waals surface area contributed by atoms with Gasteiger partial charge in [0.05, 0.1) is 52.5 Å². The van der Waals surface area contributed by atoms with E-state index >= 15 is 0 Å². The van der Waals surface area contributed by atoms with E-state index in [1.165, 1.54) is 23.4 Å². The number of nitrogens with zero attached hydrogens (tertiary/aromatic N) is 4. The summed E-state index contributed by atoms with van der Waals surface area (Å²) >= 11 is 8.13. The molecule has 1 aliphatic heterocycles. The van der Waals surface area contributed by atoms with Gasteiger partial charge in [0, 0.05) is 30.6 Å². The molecule has 3 heterocycles. The molecule has 73 heavy (non-hydrogen) atoms. The molecule has 0 saturated carbocycles. The Morgan fingerprint density at radius 3 is 2.34 bits per heavy atom. The van der Waals surface area contributed by atoms with Crippen molar-refractivity contribution in [2.75, 3.05) is 44.9 Å². The summed E-state index contributed by atoms with van der Waals surface area (Å²) in [6.07, 6.45) is 0.702. The number of hydrogen-bond donors (Lipinski definition) is 4. The maximum atomic E-state index is 14.0. The zero-order valence-corrected chi connectivity index (χ0v) is 42.5. The van der Waals surface area contributed by atoms with E-state index in [2.05, 4.69) is 30.9 Å². The summed E-state index contributed by atoms with van der Waals surface area (Å²) in [6.45, 7) is 8.44. The molecule has 8 rings (SSSR count). The SMILES string of the molecule is Cc1ncsc1-c1ccc(CNC(=O)C2CC(O)CN2C(=O)C(NC(=O)COCCOCCOc2ccc(-c3ccc4ncnc(Nc5ccc(OCc6cccc(F)c6)c(Cl)c5)c4c3)cc2)C(C)(C)C)cc1. The molecular weight excluding hydrogens is 973 g/mol. The van der Waals surface area contributed by atoms with Crippen LogP contribution in [0.25, 0.3) is 32.5 Å². The third-order valence-corrected chi connectivity index (χ3v) is 13.4. The molecule has 7 aromatic rings. The van der Waals surface area contributed by atoms with E-state index in [0.717, 1.165) is 43.7 Å². The molecule has 2 aromatic heterocycles. The summed E-state index contributed by atoms with van der Waals surface area (Å²) in [5, 5.41) is 20.8.